The molecule has 0 aliphatic carbocycles. The van der Waals surface area contributed by atoms with Crippen molar-refractivity contribution >= 4 is 17.1 Å². The number of hydrogen-bond donors (Lipinski definition) is 1. The molecule has 0 bridgehead atoms. The summed E-state index contributed by atoms with van der Waals surface area (Å²) >= 11 is 0. The molecule has 1 fully saturated rings. The Morgan fingerprint density at radius 3 is 2.45 bits per heavy atom. The van der Waals surface area contributed by atoms with E-state index < -0.39 is 0 Å². The highest BCUT2D eigenvalue weighted by atomic mass is 15.3. The summed E-state index contributed by atoms with van der Waals surface area (Å²) in [5, 5.41) is 3.67. The third kappa shape index (κ3) is 4.69. The molecule has 5 rings (SSSR count). The Morgan fingerprint density at radius 1 is 0.935 bits per heavy atom. The number of nitrogens with zero attached hydrogens (tertiary/aromatic N) is 7. The first-order chi connectivity index (χ1) is 15.3. The molecule has 1 saturated heterocycles. The molecule has 0 radical (unpaired) electrons. The number of fused-ring (bicyclic) bond motifs is 1. The Labute approximate surface area is 181 Å². The van der Waals surface area contributed by atoms with Gasteiger partial charge < -0.3 is 10.2 Å². The van der Waals surface area contributed by atoms with Crippen molar-refractivity contribution in [2.45, 2.75) is 31.8 Å². The van der Waals surface area contributed by atoms with Crippen LogP contribution in [0.25, 0.3) is 11.2 Å². The first-order valence-corrected chi connectivity index (χ1v) is 10.8. The zero-order chi connectivity index (χ0) is 20.9. The molecule has 31 heavy (non-hydrogen) atoms. The summed E-state index contributed by atoms with van der Waals surface area (Å²) in [7, 11) is 0. The van der Waals surface area contributed by atoms with Crippen molar-refractivity contribution in [1.82, 2.24) is 34.4 Å². The number of imidazole rings is 1. The van der Waals surface area contributed by atoms with Crippen LogP contribution < -0.4 is 5.32 Å². The molecular formula is C23H26N8. The minimum absolute atomic E-state index is 0.387. The summed E-state index contributed by atoms with van der Waals surface area (Å²) in [5.74, 6) is 0.841. The van der Waals surface area contributed by atoms with E-state index >= 15 is 0 Å². The Hall–Kier alpha value is -3.39. The highest BCUT2D eigenvalue weighted by Gasteiger charge is 2.22. The van der Waals surface area contributed by atoms with Crippen LogP contribution in [0.2, 0.25) is 0 Å². The maximum Gasteiger partial charge on any atom is 0.205 e. The van der Waals surface area contributed by atoms with Crippen LogP contribution in [-0.4, -0.2) is 60.1 Å². The van der Waals surface area contributed by atoms with Gasteiger partial charge in [-0.2, -0.15) is 0 Å². The van der Waals surface area contributed by atoms with E-state index in [1.165, 1.54) is 0 Å². The van der Waals surface area contributed by atoms with Crippen molar-refractivity contribution in [3.8, 4) is 0 Å². The fourth-order valence-corrected chi connectivity index (χ4v) is 4.09. The van der Waals surface area contributed by atoms with Gasteiger partial charge in [0.25, 0.3) is 0 Å². The molecule has 1 N–H and O–H groups in total. The van der Waals surface area contributed by atoms with Gasteiger partial charge in [-0.1, -0.05) is 12.1 Å². The van der Waals surface area contributed by atoms with Gasteiger partial charge in [0.15, 0.2) is 5.65 Å². The van der Waals surface area contributed by atoms with E-state index in [9.17, 15) is 0 Å². The van der Waals surface area contributed by atoms with Gasteiger partial charge in [0.1, 0.15) is 11.8 Å². The molecule has 4 aromatic heterocycles. The van der Waals surface area contributed by atoms with Crippen LogP contribution in [0.3, 0.4) is 0 Å². The Morgan fingerprint density at radius 2 is 1.71 bits per heavy atom. The second-order valence-electron chi connectivity index (χ2n) is 7.91. The van der Waals surface area contributed by atoms with Crippen LogP contribution in [0.5, 0.6) is 0 Å². The second-order valence-corrected chi connectivity index (χ2v) is 7.91. The fraction of sp³-hybridized carbons (Fsp3) is 0.348. The molecule has 1 aliphatic heterocycles. The molecule has 0 atom stereocenters. The topological polar surface area (TPSA) is 84.6 Å². The molecule has 0 amide bonds. The minimum atomic E-state index is 0.387. The van der Waals surface area contributed by atoms with E-state index in [4.69, 9.17) is 4.98 Å². The number of hydrogen-bond acceptors (Lipinski definition) is 7. The van der Waals surface area contributed by atoms with Gasteiger partial charge in [-0.3, -0.25) is 14.5 Å². The van der Waals surface area contributed by atoms with Crippen molar-refractivity contribution in [2.24, 2.45) is 0 Å². The van der Waals surface area contributed by atoms with Gasteiger partial charge in [0, 0.05) is 50.2 Å². The molecule has 1 aliphatic rings. The van der Waals surface area contributed by atoms with Gasteiger partial charge >= 0.3 is 0 Å². The zero-order valence-corrected chi connectivity index (χ0v) is 17.4. The first-order valence-electron chi connectivity index (χ1n) is 10.8. The quantitative estimate of drug-likeness (QED) is 0.498. The second kappa shape index (κ2) is 9.18. The van der Waals surface area contributed by atoms with Crippen molar-refractivity contribution in [1.29, 1.82) is 0 Å². The molecule has 4 aromatic rings. The lowest BCUT2D eigenvalue weighted by Gasteiger charge is -2.32. The molecule has 5 heterocycles. The summed E-state index contributed by atoms with van der Waals surface area (Å²) in [4.78, 5) is 24.8. The van der Waals surface area contributed by atoms with Crippen LogP contribution in [0.15, 0.2) is 61.3 Å². The predicted octanol–water partition coefficient (Wildman–Crippen LogP) is 2.78. The highest BCUT2D eigenvalue weighted by molar-refractivity contribution is 5.73. The first kappa shape index (κ1) is 19.6. The van der Waals surface area contributed by atoms with E-state index in [1.54, 1.807) is 12.5 Å². The largest absolute Gasteiger partial charge is 0.353 e. The Bertz CT molecular complexity index is 1100. The van der Waals surface area contributed by atoms with E-state index in [-0.39, 0.29) is 0 Å². The van der Waals surface area contributed by atoms with Crippen LogP contribution in [0.4, 0.5) is 5.95 Å². The summed E-state index contributed by atoms with van der Waals surface area (Å²) in [5.41, 5.74) is 3.77. The third-order valence-corrected chi connectivity index (χ3v) is 5.79. The minimum Gasteiger partial charge on any atom is -0.353 e. The summed E-state index contributed by atoms with van der Waals surface area (Å²) in [6.45, 7) is 3.83. The monoisotopic (exact) mass is 414 g/mol. The molecule has 0 spiro atoms. The normalized spacial score (nSPS) is 15.4. The van der Waals surface area contributed by atoms with E-state index in [0.29, 0.717) is 12.6 Å². The van der Waals surface area contributed by atoms with Crippen LogP contribution in [0, 0.1) is 0 Å². The number of aromatic nitrogens is 6. The van der Waals surface area contributed by atoms with Gasteiger partial charge in [-0.15, -0.1) is 0 Å². The van der Waals surface area contributed by atoms with Gasteiger partial charge in [0.2, 0.25) is 5.95 Å². The lowest BCUT2D eigenvalue weighted by Crippen LogP contribution is -2.40. The fourth-order valence-electron chi connectivity index (χ4n) is 4.09. The van der Waals surface area contributed by atoms with E-state index in [2.05, 4.69) is 46.9 Å². The van der Waals surface area contributed by atoms with Crippen molar-refractivity contribution in [3.63, 3.8) is 0 Å². The predicted molar refractivity (Wildman–Crippen MR) is 120 cm³/mol. The van der Waals surface area contributed by atoms with Gasteiger partial charge in [-0.25, -0.2) is 15.0 Å². The average Bonchev–Trinajstić information content (AvgIpc) is 3.17. The van der Waals surface area contributed by atoms with Crippen LogP contribution in [-0.2, 0) is 13.0 Å². The lowest BCUT2D eigenvalue weighted by atomic mass is 10.0. The van der Waals surface area contributed by atoms with Crippen molar-refractivity contribution < 1.29 is 0 Å². The molecule has 0 saturated carbocycles. The Kier molecular flexibility index (Phi) is 5.79. The van der Waals surface area contributed by atoms with Crippen molar-refractivity contribution in [3.05, 3.63) is 72.7 Å². The molecule has 8 nitrogen and oxygen atoms in total. The zero-order valence-electron chi connectivity index (χ0n) is 17.4. The lowest BCUT2D eigenvalue weighted by molar-refractivity contribution is 0.220. The van der Waals surface area contributed by atoms with Crippen molar-refractivity contribution in [2.75, 3.05) is 25.0 Å². The smallest absolute Gasteiger partial charge is 0.205 e. The average molecular weight is 415 g/mol. The standard InChI is InChI=1S/C23H26N8/c1-3-10-25-18(5-1)7-12-30-13-8-19(9-14-30)28-23-29-21-15-24-17-27-22(21)31(23)16-20-6-2-4-11-26-20/h1-6,10-11,15,17,19H,7-9,12-14,16H2,(H,28,29). The number of likely N-dealkylation sites (tertiary alicyclic amines) is 1. The number of nitrogens with one attached hydrogen (secondary N) is 1. The number of rotatable bonds is 7. The number of anilines is 1. The Balaban J connectivity index is 1.24. The SMILES string of the molecule is c1ccc(CCN2CCC(Nc3nc4cncnc4n3Cc3ccccn3)CC2)nc1. The number of pyridine rings is 2. The van der Waals surface area contributed by atoms with Crippen LogP contribution in [0.1, 0.15) is 24.2 Å². The van der Waals surface area contributed by atoms with E-state index in [1.807, 2.05) is 36.7 Å². The van der Waals surface area contributed by atoms with Gasteiger partial charge in [-0.05, 0) is 37.1 Å². The molecule has 0 aromatic carbocycles. The molecule has 8 heteroatoms. The summed E-state index contributed by atoms with van der Waals surface area (Å²) in [6, 6.07) is 12.5. The maximum atomic E-state index is 4.78. The summed E-state index contributed by atoms with van der Waals surface area (Å²) in [6.07, 6.45) is 10.2. The maximum absolute atomic E-state index is 4.78. The van der Waals surface area contributed by atoms with E-state index in [0.717, 1.165) is 67.4 Å². The van der Waals surface area contributed by atoms with Gasteiger partial charge in [0.05, 0.1) is 18.4 Å². The number of piperidine rings is 1. The molecule has 158 valence electrons. The highest BCUT2D eigenvalue weighted by Crippen LogP contribution is 2.22. The molecular weight excluding hydrogens is 388 g/mol. The third-order valence-electron chi connectivity index (χ3n) is 5.79. The summed E-state index contributed by atoms with van der Waals surface area (Å²) < 4.78 is 2.10. The molecule has 0 unspecified atom stereocenters. The van der Waals surface area contributed by atoms with Crippen LogP contribution >= 0.6 is 0 Å².